The van der Waals surface area contributed by atoms with Gasteiger partial charge in [0, 0.05) is 33.0 Å². The Morgan fingerprint density at radius 1 is 1.13 bits per heavy atom. The predicted molar refractivity (Wildman–Crippen MR) is 121 cm³/mol. The van der Waals surface area contributed by atoms with Gasteiger partial charge in [-0.3, -0.25) is 9.78 Å². The molecule has 3 aromatic rings. The molecular weight excluding hydrogens is 395 g/mol. The second kappa shape index (κ2) is 10.8. The maximum atomic E-state index is 13.4. The van der Waals surface area contributed by atoms with Crippen molar-refractivity contribution in [1.82, 2.24) is 15.0 Å². The van der Waals surface area contributed by atoms with Crippen LogP contribution in [0.25, 0.3) is 0 Å². The number of anilines is 2. The van der Waals surface area contributed by atoms with Crippen LogP contribution in [0, 0.1) is 5.82 Å². The first kappa shape index (κ1) is 21.9. The van der Waals surface area contributed by atoms with Crippen LogP contribution in [0.5, 0.6) is 0 Å². The highest BCUT2D eigenvalue weighted by Gasteiger charge is 2.14. The van der Waals surface area contributed by atoms with Crippen LogP contribution in [0.2, 0.25) is 0 Å². The summed E-state index contributed by atoms with van der Waals surface area (Å²) in [5.74, 6) is 0.289. The van der Waals surface area contributed by atoms with E-state index in [1.807, 2.05) is 38.4 Å². The van der Waals surface area contributed by atoms with Crippen molar-refractivity contribution in [3.8, 4) is 0 Å². The Balaban J connectivity index is 1.83. The molecule has 0 saturated carbocycles. The fourth-order valence-electron chi connectivity index (χ4n) is 2.96. The minimum atomic E-state index is -0.262. The zero-order valence-corrected chi connectivity index (χ0v) is 17.6. The first-order chi connectivity index (χ1) is 15.0. The zero-order chi connectivity index (χ0) is 22.1. The quantitative estimate of drug-likeness (QED) is 0.309. The molecule has 0 aliphatic carbocycles. The van der Waals surface area contributed by atoms with Crippen LogP contribution < -0.4 is 10.2 Å². The lowest BCUT2D eigenvalue weighted by atomic mass is 10.1. The molecule has 8 heteroatoms. The Morgan fingerprint density at radius 2 is 1.97 bits per heavy atom. The number of rotatable bonds is 10. The van der Waals surface area contributed by atoms with Gasteiger partial charge in [0.25, 0.3) is 0 Å². The fourth-order valence-corrected chi connectivity index (χ4v) is 2.96. The number of carbonyl (C=O) groups excluding carboxylic acids is 1. The SMILES string of the molecule is CN(C)N=Cc1ccc(N(C=O)Cc2cccnc2)c(NCCc2cccc(F)c2)n1. The largest absolute Gasteiger partial charge is 0.368 e. The van der Waals surface area contributed by atoms with Crippen molar-refractivity contribution in [3.63, 3.8) is 0 Å². The lowest BCUT2D eigenvalue weighted by molar-refractivity contribution is -0.107. The molecule has 0 saturated heterocycles. The van der Waals surface area contributed by atoms with Gasteiger partial charge in [-0.2, -0.15) is 5.10 Å². The van der Waals surface area contributed by atoms with Crippen molar-refractivity contribution in [2.24, 2.45) is 5.10 Å². The Morgan fingerprint density at radius 3 is 2.68 bits per heavy atom. The Bertz CT molecular complexity index is 1030. The topological polar surface area (TPSA) is 73.7 Å². The van der Waals surface area contributed by atoms with Gasteiger partial charge in [-0.25, -0.2) is 9.37 Å². The van der Waals surface area contributed by atoms with E-state index < -0.39 is 0 Å². The number of aromatic nitrogens is 2. The van der Waals surface area contributed by atoms with Crippen molar-refractivity contribution in [2.75, 3.05) is 30.9 Å². The van der Waals surface area contributed by atoms with Gasteiger partial charge in [-0.15, -0.1) is 0 Å². The molecule has 0 atom stereocenters. The van der Waals surface area contributed by atoms with E-state index >= 15 is 0 Å². The van der Waals surface area contributed by atoms with E-state index in [1.165, 1.54) is 12.1 Å². The second-order valence-corrected chi connectivity index (χ2v) is 7.10. The molecule has 0 aliphatic rings. The van der Waals surface area contributed by atoms with E-state index in [9.17, 15) is 9.18 Å². The summed E-state index contributed by atoms with van der Waals surface area (Å²) in [6.07, 6.45) is 6.44. The van der Waals surface area contributed by atoms with Crippen molar-refractivity contribution in [3.05, 3.63) is 83.6 Å². The van der Waals surface area contributed by atoms with Crippen LogP contribution in [-0.2, 0) is 17.8 Å². The van der Waals surface area contributed by atoms with E-state index in [1.54, 1.807) is 40.6 Å². The van der Waals surface area contributed by atoms with Crippen molar-refractivity contribution in [1.29, 1.82) is 0 Å². The number of halogens is 1. The Labute approximate surface area is 181 Å². The van der Waals surface area contributed by atoms with E-state index in [-0.39, 0.29) is 5.82 Å². The zero-order valence-electron chi connectivity index (χ0n) is 17.6. The number of benzene rings is 1. The molecule has 2 heterocycles. The predicted octanol–water partition coefficient (Wildman–Crippen LogP) is 3.33. The van der Waals surface area contributed by atoms with Gasteiger partial charge in [0.05, 0.1) is 24.1 Å². The first-order valence-electron chi connectivity index (χ1n) is 9.86. The van der Waals surface area contributed by atoms with E-state index in [2.05, 4.69) is 20.4 Å². The van der Waals surface area contributed by atoms with Gasteiger partial charge in [0.2, 0.25) is 6.41 Å². The fraction of sp³-hybridized carbons (Fsp3) is 0.217. The summed E-state index contributed by atoms with van der Waals surface area (Å²) in [6, 6.07) is 13.9. The molecule has 31 heavy (non-hydrogen) atoms. The van der Waals surface area contributed by atoms with Crippen LogP contribution in [0.1, 0.15) is 16.8 Å². The summed E-state index contributed by atoms with van der Waals surface area (Å²) in [7, 11) is 3.65. The monoisotopic (exact) mass is 420 g/mol. The molecule has 0 radical (unpaired) electrons. The molecule has 160 valence electrons. The molecule has 0 unspecified atom stereocenters. The summed E-state index contributed by atoms with van der Waals surface area (Å²) in [5.41, 5.74) is 3.07. The maximum Gasteiger partial charge on any atom is 0.214 e. The van der Waals surface area contributed by atoms with Gasteiger partial charge >= 0.3 is 0 Å². The Kier molecular flexibility index (Phi) is 7.64. The van der Waals surface area contributed by atoms with Gasteiger partial charge in [-0.1, -0.05) is 18.2 Å². The van der Waals surface area contributed by atoms with E-state index in [0.29, 0.717) is 36.7 Å². The van der Waals surface area contributed by atoms with Crippen molar-refractivity contribution in [2.45, 2.75) is 13.0 Å². The molecule has 0 fully saturated rings. The summed E-state index contributed by atoms with van der Waals surface area (Å²) in [5, 5.41) is 9.18. The summed E-state index contributed by atoms with van der Waals surface area (Å²) < 4.78 is 13.4. The number of hydrogen-bond donors (Lipinski definition) is 1. The number of hydrazone groups is 1. The summed E-state index contributed by atoms with van der Waals surface area (Å²) in [4.78, 5) is 22.2. The van der Waals surface area contributed by atoms with Crippen LogP contribution in [-0.4, -0.2) is 48.2 Å². The number of nitrogens with one attached hydrogen (secondary N) is 1. The first-order valence-corrected chi connectivity index (χ1v) is 9.86. The number of carbonyl (C=O) groups is 1. The molecule has 0 bridgehead atoms. The number of nitrogens with zero attached hydrogens (tertiary/aromatic N) is 5. The normalized spacial score (nSPS) is 10.8. The van der Waals surface area contributed by atoms with Crippen LogP contribution in [0.15, 0.2) is 66.0 Å². The molecule has 0 aliphatic heterocycles. The van der Waals surface area contributed by atoms with Crippen LogP contribution in [0.4, 0.5) is 15.9 Å². The highest BCUT2D eigenvalue weighted by Crippen LogP contribution is 2.25. The minimum absolute atomic E-state index is 0.262. The third kappa shape index (κ3) is 6.60. The lowest BCUT2D eigenvalue weighted by Crippen LogP contribution is -2.23. The number of pyridine rings is 2. The molecule has 1 N–H and O–H groups in total. The van der Waals surface area contributed by atoms with Crippen LogP contribution in [0.3, 0.4) is 0 Å². The summed E-state index contributed by atoms with van der Waals surface area (Å²) >= 11 is 0. The molecule has 7 nitrogen and oxygen atoms in total. The Hall–Kier alpha value is -3.81. The van der Waals surface area contributed by atoms with E-state index in [4.69, 9.17) is 0 Å². The average molecular weight is 420 g/mol. The highest BCUT2D eigenvalue weighted by atomic mass is 19.1. The molecule has 1 amide bonds. The molecule has 0 spiro atoms. The average Bonchev–Trinajstić information content (AvgIpc) is 2.77. The van der Waals surface area contributed by atoms with Crippen molar-refractivity contribution >= 4 is 24.1 Å². The van der Waals surface area contributed by atoms with Gasteiger partial charge in [0.15, 0.2) is 5.82 Å². The maximum absolute atomic E-state index is 13.4. The van der Waals surface area contributed by atoms with Gasteiger partial charge < -0.3 is 15.2 Å². The van der Waals surface area contributed by atoms with E-state index in [0.717, 1.165) is 17.5 Å². The summed E-state index contributed by atoms with van der Waals surface area (Å²) in [6.45, 7) is 0.889. The highest BCUT2D eigenvalue weighted by molar-refractivity contribution is 5.85. The smallest absolute Gasteiger partial charge is 0.214 e. The second-order valence-electron chi connectivity index (χ2n) is 7.10. The molecular formula is C23H25FN6O. The molecule has 3 rings (SSSR count). The number of amides is 1. The van der Waals surface area contributed by atoms with Gasteiger partial charge in [-0.05, 0) is 47.9 Å². The number of hydrogen-bond acceptors (Lipinski definition) is 6. The standard InChI is InChI=1S/C23H25FN6O/c1-29(2)27-15-21-8-9-22(30(17-31)16-19-6-4-11-25-14-19)23(28-21)26-12-10-18-5-3-7-20(24)13-18/h3-9,11,13-15,17H,10,12,16H2,1-2H3,(H,26,28). The third-order valence-corrected chi connectivity index (χ3v) is 4.42. The third-order valence-electron chi connectivity index (χ3n) is 4.42. The molecule has 1 aromatic carbocycles. The van der Waals surface area contributed by atoms with Crippen LogP contribution >= 0.6 is 0 Å². The molecule has 2 aromatic heterocycles. The van der Waals surface area contributed by atoms with Gasteiger partial charge in [0.1, 0.15) is 5.82 Å². The lowest BCUT2D eigenvalue weighted by Gasteiger charge is -2.21. The minimum Gasteiger partial charge on any atom is -0.368 e. The van der Waals surface area contributed by atoms with Crippen molar-refractivity contribution < 1.29 is 9.18 Å².